The molecule has 1 saturated heterocycles. The van der Waals surface area contributed by atoms with Crippen LogP contribution in [0.25, 0.3) is 0 Å². The van der Waals surface area contributed by atoms with Crippen LogP contribution in [0, 0.1) is 5.92 Å². The molecule has 7 heteroatoms. The second-order valence-corrected chi connectivity index (χ2v) is 9.87. The maximum Gasteiger partial charge on any atom is 0.303 e. The quantitative estimate of drug-likeness (QED) is 0.213. The standard InChI is InChI=1S/C29H25N3O3S/c1-20(33)35-26(24-17-18-30-19-31-24)25-27(34)32-28(25)36-29(21-11-5-2-6-12-21,22-13-7-3-8-14-22)23-15-9-4-10-16-23/h2-19,25-26,28H,1H3,(H,32,34). The molecule has 1 aliphatic heterocycles. The first-order chi connectivity index (χ1) is 17.6. The van der Waals surface area contributed by atoms with Crippen LogP contribution in [0.3, 0.4) is 0 Å². The van der Waals surface area contributed by atoms with Crippen molar-refractivity contribution in [1.82, 2.24) is 15.3 Å². The van der Waals surface area contributed by atoms with E-state index in [9.17, 15) is 9.59 Å². The van der Waals surface area contributed by atoms with Gasteiger partial charge < -0.3 is 10.1 Å². The minimum atomic E-state index is -0.822. The van der Waals surface area contributed by atoms with Crippen molar-refractivity contribution >= 4 is 23.6 Å². The number of β-lactam (4-membered cyclic amide) rings is 1. The molecule has 3 atom stereocenters. The Morgan fingerprint density at radius 3 is 1.83 bits per heavy atom. The van der Waals surface area contributed by atoms with E-state index in [1.165, 1.54) is 13.3 Å². The lowest BCUT2D eigenvalue weighted by atomic mass is 9.84. The van der Waals surface area contributed by atoms with Crippen molar-refractivity contribution in [2.75, 3.05) is 0 Å². The number of carbonyl (C=O) groups excluding carboxylic acids is 2. The smallest absolute Gasteiger partial charge is 0.303 e. The Hall–Kier alpha value is -3.97. The van der Waals surface area contributed by atoms with Gasteiger partial charge in [-0.2, -0.15) is 0 Å². The molecule has 6 nitrogen and oxygen atoms in total. The van der Waals surface area contributed by atoms with Crippen LogP contribution in [0.4, 0.5) is 0 Å². The van der Waals surface area contributed by atoms with E-state index in [4.69, 9.17) is 4.74 Å². The van der Waals surface area contributed by atoms with Crippen LogP contribution in [-0.4, -0.2) is 27.2 Å². The largest absolute Gasteiger partial charge is 0.455 e. The average molecular weight is 496 g/mol. The maximum atomic E-state index is 13.0. The highest BCUT2D eigenvalue weighted by Gasteiger charge is 2.52. The van der Waals surface area contributed by atoms with Crippen LogP contribution in [-0.2, 0) is 19.1 Å². The summed E-state index contributed by atoms with van der Waals surface area (Å²) in [6, 6.07) is 32.5. The number of nitrogens with one attached hydrogen (secondary N) is 1. The van der Waals surface area contributed by atoms with E-state index in [0.717, 1.165) is 16.7 Å². The van der Waals surface area contributed by atoms with Crippen molar-refractivity contribution in [3.05, 3.63) is 132 Å². The molecule has 1 aromatic heterocycles. The highest BCUT2D eigenvalue weighted by molar-refractivity contribution is 8.01. The zero-order valence-electron chi connectivity index (χ0n) is 19.7. The number of carbonyl (C=O) groups is 2. The first-order valence-electron chi connectivity index (χ1n) is 11.7. The maximum absolute atomic E-state index is 13.0. The monoisotopic (exact) mass is 495 g/mol. The number of amides is 1. The van der Waals surface area contributed by atoms with Crippen LogP contribution in [0.5, 0.6) is 0 Å². The third-order valence-electron chi connectivity index (χ3n) is 6.27. The van der Waals surface area contributed by atoms with Gasteiger partial charge in [0.05, 0.1) is 15.8 Å². The summed E-state index contributed by atoms with van der Waals surface area (Å²) in [5, 5.41) is 2.72. The fourth-order valence-corrected chi connectivity index (χ4v) is 6.43. The summed E-state index contributed by atoms with van der Waals surface area (Å²) >= 11 is 1.63. The van der Waals surface area contributed by atoms with Gasteiger partial charge in [-0.15, -0.1) is 11.8 Å². The van der Waals surface area contributed by atoms with Crippen LogP contribution < -0.4 is 5.32 Å². The van der Waals surface area contributed by atoms with Gasteiger partial charge in [-0.3, -0.25) is 9.59 Å². The van der Waals surface area contributed by atoms with Gasteiger partial charge in [0.25, 0.3) is 0 Å². The average Bonchev–Trinajstić information content (AvgIpc) is 2.92. The van der Waals surface area contributed by atoms with Crippen LogP contribution in [0.2, 0.25) is 0 Å². The summed E-state index contributed by atoms with van der Waals surface area (Å²) in [5.74, 6) is -1.27. The molecule has 3 aromatic carbocycles. The lowest BCUT2D eigenvalue weighted by Crippen LogP contribution is -2.60. The van der Waals surface area contributed by atoms with Gasteiger partial charge in [-0.1, -0.05) is 91.0 Å². The van der Waals surface area contributed by atoms with Crippen molar-refractivity contribution in [3.8, 4) is 0 Å². The molecular weight excluding hydrogens is 470 g/mol. The molecular formula is C29H25N3O3S. The molecule has 36 heavy (non-hydrogen) atoms. The van der Waals surface area contributed by atoms with E-state index in [1.807, 2.05) is 54.6 Å². The zero-order chi connectivity index (χ0) is 25.0. The molecule has 0 aliphatic carbocycles. The Bertz CT molecular complexity index is 1220. The topological polar surface area (TPSA) is 81.2 Å². The van der Waals surface area contributed by atoms with E-state index in [-0.39, 0.29) is 11.3 Å². The highest BCUT2D eigenvalue weighted by atomic mass is 32.2. The number of benzene rings is 3. The Morgan fingerprint density at radius 1 is 0.889 bits per heavy atom. The van der Waals surface area contributed by atoms with Crippen molar-refractivity contribution in [2.45, 2.75) is 23.1 Å². The molecule has 4 aromatic rings. The summed E-state index contributed by atoms with van der Waals surface area (Å²) in [4.78, 5) is 33.3. The van der Waals surface area contributed by atoms with Crippen LogP contribution in [0.15, 0.2) is 110 Å². The van der Waals surface area contributed by atoms with Gasteiger partial charge in [0, 0.05) is 13.1 Å². The molecule has 2 heterocycles. The number of esters is 1. The minimum Gasteiger partial charge on any atom is -0.455 e. The Balaban J connectivity index is 1.63. The molecule has 180 valence electrons. The lowest BCUT2D eigenvalue weighted by molar-refractivity contribution is -0.156. The predicted octanol–water partition coefficient (Wildman–Crippen LogP) is 4.88. The predicted molar refractivity (Wildman–Crippen MR) is 139 cm³/mol. The van der Waals surface area contributed by atoms with Crippen molar-refractivity contribution in [2.24, 2.45) is 5.92 Å². The van der Waals surface area contributed by atoms with Gasteiger partial charge in [0.15, 0.2) is 6.10 Å². The number of ether oxygens (including phenoxy) is 1. The van der Waals surface area contributed by atoms with E-state index in [1.54, 1.807) is 24.0 Å². The minimum absolute atomic E-state index is 0.180. The summed E-state index contributed by atoms with van der Waals surface area (Å²) < 4.78 is 5.04. The van der Waals surface area contributed by atoms with Crippen molar-refractivity contribution in [3.63, 3.8) is 0 Å². The van der Waals surface area contributed by atoms with Gasteiger partial charge in [0.2, 0.25) is 5.91 Å². The first kappa shape index (κ1) is 23.8. The van der Waals surface area contributed by atoms with E-state index in [0.29, 0.717) is 5.69 Å². The molecule has 0 saturated carbocycles. The Morgan fingerprint density at radius 2 is 1.42 bits per heavy atom. The summed E-state index contributed by atoms with van der Waals surface area (Å²) in [6.07, 6.45) is 2.16. The number of rotatable bonds is 8. The second-order valence-electron chi connectivity index (χ2n) is 8.52. The summed E-state index contributed by atoms with van der Waals surface area (Å²) in [7, 11) is 0. The summed E-state index contributed by atoms with van der Waals surface area (Å²) in [6.45, 7) is 1.34. The fourth-order valence-electron chi connectivity index (χ4n) is 4.65. The van der Waals surface area contributed by atoms with E-state index < -0.39 is 22.7 Å². The first-order valence-corrected chi connectivity index (χ1v) is 12.6. The molecule has 1 aliphatic rings. The molecule has 0 bridgehead atoms. The van der Waals surface area contributed by atoms with Gasteiger partial charge in [-0.05, 0) is 22.8 Å². The van der Waals surface area contributed by atoms with Gasteiger partial charge in [-0.25, -0.2) is 9.97 Å². The molecule has 0 radical (unpaired) electrons. The van der Waals surface area contributed by atoms with Crippen molar-refractivity contribution in [1.29, 1.82) is 0 Å². The third kappa shape index (κ3) is 4.50. The molecule has 1 amide bonds. The number of hydrogen-bond acceptors (Lipinski definition) is 6. The number of aromatic nitrogens is 2. The number of nitrogens with zero attached hydrogens (tertiary/aromatic N) is 2. The van der Waals surface area contributed by atoms with Crippen LogP contribution >= 0.6 is 11.8 Å². The molecule has 5 rings (SSSR count). The normalized spacial score (nSPS) is 18.0. The molecule has 1 N–H and O–H groups in total. The van der Waals surface area contributed by atoms with Gasteiger partial charge in [0.1, 0.15) is 12.2 Å². The zero-order valence-corrected chi connectivity index (χ0v) is 20.5. The van der Waals surface area contributed by atoms with E-state index in [2.05, 4.69) is 51.7 Å². The Kier molecular flexibility index (Phi) is 6.82. The number of thioether (sulfide) groups is 1. The van der Waals surface area contributed by atoms with Gasteiger partial charge >= 0.3 is 5.97 Å². The van der Waals surface area contributed by atoms with Crippen LogP contribution in [0.1, 0.15) is 35.4 Å². The van der Waals surface area contributed by atoms with E-state index >= 15 is 0 Å². The lowest BCUT2D eigenvalue weighted by Gasteiger charge is -2.46. The third-order valence-corrected chi connectivity index (χ3v) is 8.00. The molecule has 1 fully saturated rings. The Labute approximate surface area is 214 Å². The summed E-state index contributed by atoms with van der Waals surface area (Å²) in [5.41, 5.74) is 3.74. The number of hydrogen-bond donors (Lipinski definition) is 1. The molecule has 0 spiro atoms. The molecule has 3 unspecified atom stereocenters. The SMILES string of the molecule is CC(=O)OC(c1ccncn1)C1C(=O)NC1SC(c1ccccc1)(c1ccccc1)c1ccccc1. The fraction of sp³-hybridized carbons (Fsp3) is 0.172. The second kappa shape index (κ2) is 10.3. The highest BCUT2D eigenvalue weighted by Crippen LogP contribution is 2.53. The van der Waals surface area contributed by atoms with Crippen molar-refractivity contribution < 1.29 is 14.3 Å².